The summed E-state index contributed by atoms with van der Waals surface area (Å²) >= 11 is 0. The van der Waals surface area contributed by atoms with Gasteiger partial charge in [-0.3, -0.25) is 15.0 Å². The van der Waals surface area contributed by atoms with Crippen molar-refractivity contribution in [1.29, 1.82) is 0 Å². The number of nitro groups is 1. The first-order chi connectivity index (χ1) is 12.5. The number of benzene rings is 2. The zero-order valence-electron chi connectivity index (χ0n) is 14.7. The number of hydrogen-bond acceptors (Lipinski definition) is 4. The lowest BCUT2D eigenvalue weighted by Crippen LogP contribution is -2.43. The molecule has 0 aromatic heterocycles. The van der Waals surface area contributed by atoms with E-state index in [9.17, 15) is 14.9 Å². The van der Waals surface area contributed by atoms with E-state index in [1.807, 2.05) is 31.2 Å². The highest BCUT2D eigenvalue weighted by molar-refractivity contribution is 6.03. The van der Waals surface area contributed by atoms with Gasteiger partial charge in [-0.2, -0.15) is 0 Å². The molecule has 0 spiro atoms. The van der Waals surface area contributed by atoms with Gasteiger partial charge in [-0.05, 0) is 43.9 Å². The Hall–Kier alpha value is -3.09. The molecule has 1 N–H and O–H groups in total. The minimum absolute atomic E-state index is 0.00926. The average molecular weight is 355 g/mol. The molecule has 0 heterocycles. The molecule has 3 rings (SSSR count). The van der Waals surface area contributed by atoms with Crippen LogP contribution in [0.5, 0.6) is 5.75 Å². The quantitative estimate of drug-likeness (QED) is 0.613. The van der Waals surface area contributed by atoms with Crippen LogP contribution in [0.4, 0.5) is 21.9 Å². The lowest BCUT2D eigenvalue weighted by atomic mass is 10.1. The van der Waals surface area contributed by atoms with E-state index in [-0.39, 0.29) is 17.8 Å². The molecule has 7 nitrogen and oxygen atoms in total. The first kappa shape index (κ1) is 17.7. The van der Waals surface area contributed by atoms with Crippen LogP contribution in [0.1, 0.15) is 19.8 Å². The topological polar surface area (TPSA) is 84.7 Å². The van der Waals surface area contributed by atoms with Gasteiger partial charge in [0.15, 0.2) is 0 Å². The van der Waals surface area contributed by atoms with E-state index in [2.05, 4.69) is 5.32 Å². The summed E-state index contributed by atoms with van der Waals surface area (Å²) in [6.07, 6.45) is 2.16. The number of methoxy groups -OCH3 is 1. The molecule has 2 aromatic carbocycles. The summed E-state index contributed by atoms with van der Waals surface area (Å²) in [5, 5.41) is 13.7. The second-order valence-electron chi connectivity index (χ2n) is 6.36. The van der Waals surface area contributed by atoms with Gasteiger partial charge in [0.1, 0.15) is 5.75 Å². The number of carbonyl (C=O) groups excluding carboxylic acids is 1. The maximum atomic E-state index is 13.0. The van der Waals surface area contributed by atoms with Crippen LogP contribution in [-0.4, -0.2) is 24.1 Å². The summed E-state index contributed by atoms with van der Waals surface area (Å²) < 4.78 is 5.42. The number of rotatable bonds is 6. The Morgan fingerprint density at radius 2 is 2.00 bits per heavy atom. The van der Waals surface area contributed by atoms with Crippen molar-refractivity contribution in [3.63, 3.8) is 0 Å². The Morgan fingerprint density at radius 3 is 2.65 bits per heavy atom. The fourth-order valence-corrected chi connectivity index (χ4v) is 3.01. The fourth-order valence-electron chi connectivity index (χ4n) is 3.01. The van der Waals surface area contributed by atoms with Crippen molar-refractivity contribution >= 4 is 23.1 Å². The number of nitrogens with one attached hydrogen (secondary N) is 1. The first-order valence-corrected chi connectivity index (χ1v) is 8.49. The van der Waals surface area contributed by atoms with Crippen LogP contribution < -0.4 is 15.0 Å². The summed E-state index contributed by atoms with van der Waals surface area (Å²) in [5.41, 5.74) is 0.992. The normalized spacial score (nSPS) is 14.4. The van der Waals surface area contributed by atoms with Gasteiger partial charge in [0.05, 0.1) is 17.7 Å². The molecule has 26 heavy (non-hydrogen) atoms. The lowest BCUT2D eigenvalue weighted by molar-refractivity contribution is -0.384. The number of urea groups is 1. The van der Waals surface area contributed by atoms with Gasteiger partial charge in [-0.15, -0.1) is 0 Å². The molecule has 1 saturated carbocycles. The number of nitro benzene ring substituents is 1. The largest absolute Gasteiger partial charge is 0.495 e. The zero-order valence-corrected chi connectivity index (χ0v) is 14.7. The molecule has 0 bridgehead atoms. The fraction of sp³-hybridized carbons (Fsp3) is 0.316. The third kappa shape index (κ3) is 3.77. The highest BCUT2D eigenvalue weighted by atomic mass is 16.6. The number of para-hydroxylation sites is 2. The van der Waals surface area contributed by atoms with Gasteiger partial charge in [0.25, 0.3) is 5.69 Å². The summed E-state index contributed by atoms with van der Waals surface area (Å²) in [6.45, 7) is 2.01. The maximum absolute atomic E-state index is 13.0. The molecule has 136 valence electrons. The Kier molecular flexibility index (Phi) is 5.06. The second-order valence-corrected chi connectivity index (χ2v) is 6.36. The molecule has 2 aromatic rings. The van der Waals surface area contributed by atoms with Crippen molar-refractivity contribution in [2.75, 3.05) is 17.3 Å². The molecule has 1 aliphatic rings. The number of hydrogen-bond donors (Lipinski definition) is 1. The summed E-state index contributed by atoms with van der Waals surface area (Å²) in [6, 6.07) is 12.9. The molecule has 0 aliphatic heterocycles. The Bertz CT molecular complexity index is 820. The van der Waals surface area contributed by atoms with Crippen LogP contribution in [-0.2, 0) is 0 Å². The number of anilines is 2. The van der Waals surface area contributed by atoms with Crippen LogP contribution in [0, 0.1) is 16.0 Å². The van der Waals surface area contributed by atoms with E-state index in [4.69, 9.17) is 4.74 Å². The Labute approximate surface area is 151 Å². The Morgan fingerprint density at radius 1 is 1.27 bits per heavy atom. The smallest absolute Gasteiger partial charge is 0.326 e. The van der Waals surface area contributed by atoms with Crippen molar-refractivity contribution < 1.29 is 14.5 Å². The van der Waals surface area contributed by atoms with Crippen LogP contribution in [0.25, 0.3) is 0 Å². The average Bonchev–Trinajstić information content (AvgIpc) is 3.47. The molecule has 2 amide bonds. The molecule has 1 unspecified atom stereocenters. The molecule has 0 saturated heterocycles. The predicted octanol–water partition coefficient (Wildman–Crippen LogP) is 4.44. The molecular weight excluding hydrogens is 334 g/mol. The maximum Gasteiger partial charge on any atom is 0.326 e. The van der Waals surface area contributed by atoms with Crippen molar-refractivity contribution in [3.8, 4) is 5.75 Å². The molecule has 7 heteroatoms. The number of non-ortho nitro benzene ring substituents is 1. The van der Waals surface area contributed by atoms with E-state index < -0.39 is 4.92 Å². The SMILES string of the molecule is COc1ccccc1N(C(=O)Nc1cccc([N+](=O)[O-])c1)C(C)C1CC1. The highest BCUT2D eigenvalue weighted by Crippen LogP contribution is 2.39. The number of nitrogens with zero attached hydrogens (tertiary/aromatic N) is 2. The van der Waals surface area contributed by atoms with Crippen LogP contribution in [0.3, 0.4) is 0 Å². The van der Waals surface area contributed by atoms with Crippen molar-refractivity contribution in [1.82, 2.24) is 0 Å². The van der Waals surface area contributed by atoms with Gasteiger partial charge in [-0.25, -0.2) is 4.79 Å². The predicted molar refractivity (Wildman–Crippen MR) is 99.8 cm³/mol. The van der Waals surface area contributed by atoms with E-state index in [0.29, 0.717) is 23.0 Å². The summed E-state index contributed by atoms with van der Waals surface area (Å²) in [5.74, 6) is 1.05. The van der Waals surface area contributed by atoms with E-state index in [1.54, 1.807) is 24.1 Å². The van der Waals surface area contributed by atoms with Crippen molar-refractivity contribution in [2.45, 2.75) is 25.8 Å². The van der Waals surface area contributed by atoms with E-state index >= 15 is 0 Å². The van der Waals surface area contributed by atoms with Gasteiger partial charge < -0.3 is 10.1 Å². The molecule has 1 aliphatic carbocycles. The van der Waals surface area contributed by atoms with Gasteiger partial charge in [-0.1, -0.05) is 18.2 Å². The van der Waals surface area contributed by atoms with E-state index in [1.165, 1.54) is 12.1 Å². The molecular formula is C19H21N3O4. The highest BCUT2D eigenvalue weighted by Gasteiger charge is 2.36. The van der Waals surface area contributed by atoms with E-state index in [0.717, 1.165) is 12.8 Å². The van der Waals surface area contributed by atoms with Crippen molar-refractivity contribution in [2.24, 2.45) is 5.92 Å². The van der Waals surface area contributed by atoms with Gasteiger partial charge in [0.2, 0.25) is 0 Å². The minimum atomic E-state index is -0.486. The van der Waals surface area contributed by atoms with Crippen LogP contribution in [0.2, 0.25) is 0 Å². The summed E-state index contributed by atoms with van der Waals surface area (Å²) in [7, 11) is 1.57. The third-order valence-corrected chi connectivity index (χ3v) is 4.58. The lowest BCUT2D eigenvalue weighted by Gasteiger charge is -2.30. The monoisotopic (exact) mass is 355 g/mol. The molecule has 0 radical (unpaired) electrons. The minimum Gasteiger partial charge on any atom is -0.495 e. The number of carbonyl (C=O) groups is 1. The molecule has 1 atom stereocenters. The van der Waals surface area contributed by atoms with Gasteiger partial charge >= 0.3 is 6.03 Å². The third-order valence-electron chi connectivity index (χ3n) is 4.58. The number of amides is 2. The zero-order chi connectivity index (χ0) is 18.7. The Balaban J connectivity index is 1.90. The van der Waals surface area contributed by atoms with Crippen LogP contribution in [0.15, 0.2) is 48.5 Å². The standard InChI is InChI=1S/C19H21N3O4/c1-13(14-10-11-14)21(17-8-3-4-9-18(17)26-2)19(23)20-15-6-5-7-16(12-15)22(24)25/h3-9,12-14H,10-11H2,1-2H3,(H,20,23). The number of ether oxygens (including phenoxy) is 1. The van der Waals surface area contributed by atoms with Gasteiger partial charge in [0, 0.05) is 23.9 Å². The molecule has 1 fully saturated rings. The van der Waals surface area contributed by atoms with Crippen LogP contribution >= 0.6 is 0 Å². The summed E-state index contributed by atoms with van der Waals surface area (Å²) in [4.78, 5) is 25.2. The first-order valence-electron chi connectivity index (χ1n) is 8.49. The second kappa shape index (κ2) is 7.43. The van der Waals surface area contributed by atoms with Crippen molar-refractivity contribution in [3.05, 3.63) is 58.6 Å².